The number of carboxylic acids is 2. The van der Waals surface area contributed by atoms with Gasteiger partial charge in [0, 0.05) is 17.6 Å². The summed E-state index contributed by atoms with van der Waals surface area (Å²) >= 11 is 0. The predicted molar refractivity (Wildman–Crippen MR) is 77.4 cm³/mol. The molecule has 0 aromatic heterocycles. The molecule has 20 heavy (non-hydrogen) atoms. The third-order valence-corrected chi connectivity index (χ3v) is 6.64. The van der Waals surface area contributed by atoms with E-state index in [1.807, 2.05) is 19.9 Å². The Morgan fingerprint density at radius 1 is 1.05 bits per heavy atom. The Labute approximate surface area is 118 Å². The van der Waals surface area contributed by atoms with Crippen molar-refractivity contribution < 1.29 is 24.4 Å². The van der Waals surface area contributed by atoms with Gasteiger partial charge in [-0.25, -0.2) is 0 Å². The number of carbonyl (C=O) groups is 2. The summed E-state index contributed by atoms with van der Waals surface area (Å²) in [6.07, 6.45) is -0.436. The highest BCUT2D eigenvalue weighted by molar-refractivity contribution is 7.71. The largest absolute Gasteiger partial charge is 0.481 e. The van der Waals surface area contributed by atoms with Gasteiger partial charge in [0.05, 0.1) is 12.8 Å². The third kappa shape index (κ3) is 4.20. The molecule has 0 aliphatic heterocycles. The van der Waals surface area contributed by atoms with Gasteiger partial charge in [0.15, 0.2) is 0 Å². The molecule has 5 nitrogen and oxygen atoms in total. The van der Waals surface area contributed by atoms with Crippen molar-refractivity contribution in [2.45, 2.75) is 26.7 Å². The Bertz CT molecular complexity index is 543. The Morgan fingerprint density at radius 3 is 2.00 bits per heavy atom. The molecule has 1 aromatic carbocycles. The highest BCUT2D eigenvalue weighted by Crippen LogP contribution is 2.46. The number of hydrogen-bond acceptors (Lipinski definition) is 3. The molecule has 0 atom stereocenters. The van der Waals surface area contributed by atoms with Crippen molar-refractivity contribution >= 4 is 24.4 Å². The van der Waals surface area contributed by atoms with Crippen LogP contribution >= 0.6 is 7.14 Å². The van der Waals surface area contributed by atoms with E-state index in [2.05, 4.69) is 0 Å². The summed E-state index contributed by atoms with van der Waals surface area (Å²) in [7, 11) is -3.01. The molecule has 0 spiro atoms. The summed E-state index contributed by atoms with van der Waals surface area (Å²) in [5, 5.41) is 18.2. The fraction of sp³-hybridized carbons (Fsp3) is 0.429. The van der Waals surface area contributed by atoms with Crippen LogP contribution in [0.2, 0.25) is 0 Å². The van der Waals surface area contributed by atoms with Crippen molar-refractivity contribution in [3.8, 4) is 0 Å². The minimum absolute atomic E-state index is 0.0000926. The molecule has 2 N–H and O–H groups in total. The summed E-state index contributed by atoms with van der Waals surface area (Å²) in [5.41, 5.74) is 1.82. The molecule has 0 heterocycles. The van der Waals surface area contributed by atoms with Crippen LogP contribution in [0.3, 0.4) is 0 Å². The van der Waals surface area contributed by atoms with Crippen LogP contribution in [0.1, 0.15) is 24.0 Å². The van der Waals surface area contributed by atoms with Crippen LogP contribution < -0.4 is 5.30 Å². The van der Waals surface area contributed by atoms with E-state index in [-0.39, 0.29) is 25.2 Å². The number of benzene rings is 1. The zero-order valence-electron chi connectivity index (χ0n) is 11.6. The summed E-state index contributed by atoms with van der Waals surface area (Å²) in [6, 6.07) is 5.37. The molecule has 0 unspecified atom stereocenters. The van der Waals surface area contributed by atoms with E-state index in [0.29, 0.717) is 5.30 Å². The molecule has 0 aliphatic carbocycles. The highest BCUT2D eigenvalue weighted by atomic mass is 31.2. The van der Waals surface area contributed by atoms with Gasteiger partial charge in [0.2, 0.25) is 0 Å². The van der Waals surface area contributed by atoms with Crippen LogP contribution in [0, 0.1) is 13.8 Å². The second kappa shape index (κ2) is 6.71. The first-order valence-electron chi connectivity index (χ1n) is 6.35. The average Bonchev–Trinajstić information content (AvgIpc) is 2.37. The van der Waals surface area contributed by atoms with E-state index in [0.717, 1.165) is 11.1 Å². The zero-order chi connectivity index (χ0) is 15.3. The molecular weight excluding hydrogens is 279 g/mol. The number of aliphatic carboxylic acids is 2. The van der Waals surface area contributed by atoms with Crippen molar-refractivity contribution in [1.29, 1.82) is 0 Å². The Hall–Kier alpha value is -1.61. The van der Waals surface area contributed by atoms with Crippen LogP contribution in [0.25, 0.3) is 0 Å². The van der Waals surface area contributed by atoms with Crippen LogP contribution in [0.4, 0.5) is 0 Å². The average molecular weight is 298 g/mol. The van der Waals surface area contributed by atoms with E-state index in [9.17, 15) is 14.2 Å². The predicted octanol–water partition coefficient (Wildman–Crippen LogP) is 2.24. The molecule has 0 aliphatic rings. The molecule has 0 fully saturated rings. The molecule has 1 rings (SSSR count). The normalized spacial score (nSPS) is 11.3. The summed E-state index contributed by atoms with van der Waals surface area (Å²) < 4.78 is 13.1. The third-order valence-electron chi connectivity index (χ3n) is 3.39. The van der Waals surface area contributed by atoms with Gasteiger partial charge in [-0.15, -0.1) is 0 Å². The first-order chi connectivity index (χ1) is 9.26. The van der Waals surface area contributed by atoms with E-state index in [4.69, 9.17) is 10.2 Å². The molecule has 0 bridgehead atoms. The lowest BCUT2D eigenvalue weighted by Crippen LogP contribution is -2.18. The first-order valence-corrected chi connectivity index (χ1v) is 8.42. The lowest BCUT2D eigenvalue weighted by molar-refractivity contribution is -0.137. The van der Waals surface area contributed by atoms with E-state index < -0.39 is 19.1 Å². The van der Waals surface area contributed by atoms with Crippen LogP contribution in [0.15, 0.2) is 18.2 Å². The maximum atomic E-state index is 13.1. The van der Waals surface area contributed by atoms with Gasteiger partial charge in [-0.1, -0.05) is 18.2 Å². The van der Waals surface area contributed by atoms with Crippen LogP contribution in [-0.4, -0.2) is 34.5 Å². The second-order valence-electron chi connectivity index (χ2n) is 4.84. The Kier molecular flexibility index (Phi) is 5.52. The minimum atomic E-state index is -3.01. The zero-order valence-corrected chi connectivity index (χ0v) is 12.5. The van der Waals surface area contributed by atoms with E-state index in [1.165, 1.54) is 0 Å². The highest BCUT2D eigenvalue weighted by Gasteiger charge is 2.28. The maximum absolute atomic E-state index is 13.1. The van der Waals surface area contributed by atoms with Crippen molar-refractivity contribution in [3.63, 3.8) is 0 Å². The summed E-state index contributed by atoms with van der Waals surface area (Å²) in [6.45, 7) is 3.72. The molecular formula is C14H19O5P. The topological polar surface area (TPSA) is 91.7 Å². The molecule has 0 amide bonds. The monoisotopic (exact) mass is 298 g/mol. The quantitative estimate of drug-likeness (QED) is 0.753. The lowest BCUT2D eigenvalue weighted by atomic mass is 10.1. The van der Waals surface area contributed by atoms with Crippen molar-refractivity contribution in [2.75, 3.05) is 12.3 Å². The molecule has 1 aromatic rings. The molecule has 110 valence electrons. The number of hydrogen-bond donors (Lipinski definition) is 2. The summed E-state index contributed by atoms with van der Waals surface area (Å²) in [4.78, 5) is 21.5. The number of aryl methyl sites for hydroxylation is 1. The van der Waals surface area contributed by atoms with Crippen LogP contribution in [0.5, 0.6) is 0 Å². The second-order valence-corrected chi connectivity index (χ2v) is 8.00. The van der Waals surface area contributed by atoms with Gasteiger partial charge in [-0.05, 0) is 25.0 Å². The molecule has 6 heteroatoms. The van der Waals surface area contributed by atoms with Gasteiger partial charge in [0.1, 0.15) is 7.14 Å². The Morgan fingerprint density at radius 2 is 1.55 bits per heavy atom. The van der Waals surface area contributed by atoms with Crippen LogP contribution in [-0.2, 0) is 14.2 Å². The van der Waals surface area contributed by atoms with Gasteiger partial charge < -0.3 is 14.8 Å². The lowest BCUT2D eigenvalue weighted by Gasteiger charge is -2.20. The molecule has 0 saturated carbocycles. The SMILES string of the molecule is Cc1cccc(P(=O)(CCC(=O)O)CCC(=O)O)c1C. The fourth-order valence-corrected chi connectivity index (χ4v) is 5.04. The fourth-order valence-electron chi connectivity index (χ4n) is 2.08. The maximum Gasteiger partial charge on any atom is 0.303 e. The van der Waals surface area contributed by atoms with Gasteiger partial charge >= 0.3 is 11.9 Å². The van der Waals surface area contributed by atoms with Gasteiger partial charge in [-0.3, -0.25) is 9.59 Å². The minimum Gasteiger partial charge on any atom is -0.481 e. The standard InChI is InChI=1S/C14H19O5P/c1-10-4-3-5-12(11(10)2)20(19,8-6-13(15)16)9-7-14(17)18/h3-5H,6-9H2,1-2H3,(H,15,16)(H,17,18). The van der Waals surface area contributed by atoms with Crippen molar-refractivity contribution in [1.82, 2.24) is 0 Å². The van der Waals surface area contributed by atoms with Gasteiger partial charge in [0.25, 0.3) is 0 Å². The van der Waals surface area contributed by atoms with Crippen molar-refractivity contribution in [3.05, 3.63) is 29.3 Å². The van der Waals surface area contributed by atoms with Crippen molar-refractivity contribution in [2.24, 2.45) is 0 Å². The molecule has 0 saturated heterocycles. The smallest absolute Gasteiger partial charge is 0.303 e. The summed E-state index contributed by atoms with van der Waals surface area (Å²) in [5.74, 6) is -2.04. The number of rotatable bonds is 7. The van der Waals surface area contributed by atoms with E-state index in [1.54, 1.807) is 12.1 Å². The van der Waals surface area contributed by atoms with Gasteiger partial charge in [-0.2, -0.15) is 0 Å². The van der Waals surface area contributed by atoms with E-state index >= 15 is 0 Å². The molecule has 0 radical (unpaired) electrons. The first kappa shape index (κ1) is 16.4. The Balaban J connectivity index is 3.14. The number of carboxylic acid groups (broad SMARTS) is 2.